The van der Waals surface area contributed by atoms with Crippen LogP contribution >= 0.6 is 0 Å². The van der Waals surface area contributed by atoms with E-state index in [0.29, 0.717) is 16.9 Å². The Morgan fingerprint density at radius 2 is 1.00 bits per heavy atom. The Labute approximate surface area is 236 Å². The van der Waals surface area contributed by atoms with Crippen molar-refractivity contribution in [3.63, 3.8) is 0 Å². The highest BCUT2D eigenvalue weighted by Crippen LogP contribution is 2.18. The number of benzene rings is 4. The summed E-state index contributed by atoms with van der Waals surface area (Å²) >= 11 is 0. The standard InChI is InChI=1S/C32H22N4O6/c1-17-6-8-20(9-7-17)33-27(37)18-4-3-5-19(14-18)28(38)34-21-10-12-22(13-11-21)36-31(41)25-15-23-24(16-26(25)32(36)42)30(40)35(2)29(23)39/h3-16H,1-2H3,(H,33,37)(H,34,38). The molecule has 2 aromatic heterocycles. The number of hydrogen-bond acceptors (Lipinski definition) is 6. The fourth-order valence-corrected chi connectivity index (χ4v) is 4.87. The molecule has 4 aromatic carbocycles. The Bertz CT molecular complexity index is 2190. The van der Waals surface area contributed by atoms with Crippen LogP contribution in [0.2, 0.25) is 0 Å². The Balaban J connectivity index is 1.23. The molecule has 0 aliphatic rings. The third-order valence-electron chi connectivity index (χ3n) is 7.17. The number of nitrogens with one attached hydrogen (secondary N) is 2. The average Bonchev–Trinajstić information content (AvgIpc) is 3.37. The molecule has 0 radical (unpaired) electrons. The first kappa shape index (κ1) is 26.3. The monoisotopic (exact) mass is 558 g/mol. The quantitative estimate of drug-likeness (QED) is 0.333. The van der Waals surface area contributed by atoms with Crippen molar-refractivity contribution in [2.45, 2.75) is 6.92 Å². The van der Waals surface area contributed by atoms with Gasteiger partial charge in [0.2, 0.25) is 0 Å². The zero-order valence-electron chi connectivity index (χ0n) is 22.4. The van der Waals surface area contributed by atoms with Crippen LogP contribution < -0.4 is 32.9 Å². The van der Waals surface area contributed by atoms with Crippen molar-refractivity contribution in [1.29, 1.82) is 0 Å². The largest absolute Gasteiger partial charge is 0.322 e. The van der Waals surface area contributed by atoms with E-state index in [0.717, 1.165) is 14.7 Å². The van der Waals surface area contributed by atoms with Crippen LogP contribution in [0.3, 0.4) is 0 Å². The van der Waals surface area contributed by atoms with E-state index in [4.69, 9.17) is 0 Å². The third-order valence-corrected chi connectivity index (χ3v) is 7.17. The number of amides is 2. The number of hydrogen-bond donors (Lipinski definition) is 2. The van der Waals surface area contributed by atoms with Crippen LogP contribution in [0.25, 0.3) is 27.2 Å². The van der Waals surface area contributed by atoms with Crippen molar-refractivity contribution in [2.75, 3.05) is 10.6 Å². The van der Waals surface area contributed by atoms with Crippen LogP contribution in [0.4, 0.5) is 11.4 Å². The summed E-state index contributed by atoms with van der Waals surface area (Å²) in [6, 6.07) is 22.3. The smallest absolute Gasteiger partial charge is 0.266 e. The van der Waals surface area contributed by atoms with Gasteiger partial charge in [-0.2, -0.15) is 0 Å². The topological polar surface area (TPSA) is 136 Å². The second-order valence-corrected chi connectivity index (χ2v) is 9.96. The lowest BCUT2D eigenvalue weighted by Gasteiger charge is -2.09. The molecule has 0 unspecified atom stereocenters. The van der Waals surface area contributed by atoms with E-state index in [9.17, 15) is 28.8 Å². The second-order valence-electron chi connectivity index (χ2n) is 9.96. The van der Waals surface area contributed by atoms with Crippen molar-refractivity contribution in [3.8, 4) is 5.69 Å². The minimum Gasteiger partial charge on any atom is -0.322 e. The van der Waals surface area contributed by atoms with Crippen LogP contribution in [0.1, 0.15) is 26.3 Å². The van der Waals surface area contributed by atoms with E-state index >= 15 is 0 Å². The number of aryl methyl sites for hydroxylation is 1. The van der Waals surface area contributed by atoms with E-state index in [1.165, 1.54) is 49.5 Å². The van der Waals surface area contributed by atoms with Gasteiger partial charge in [0.15, 0.2) is 0 Å². The lowest BCUT2D eigenvalue weighted by Crippen LogP contribution is -2.23. The Hall–Kier alpha value is -5.90. The maximum Gasteiger partial charge on any atom is 0.266 e. The molecule has 206 valence electrons. The van der Waals surface area contributed by atoms with Crippen LogP contribution in [-0.2, 0) is 7.05 Å². The van der Waals surface area contributed by atoms with Gasteiger partial charge >= 0.3 is 0 Å². The second kappa shape index (κ2) is 9.93. The summed E-state index contributed by atoms with van der Waals surface area (Å²) in [7, 11) is 1.34. The first-order valence-corrected chi connectivity index (χ1v) is 12.9. The van der Waals surface area contributed by atoms with Crippen LogP contribution in [0.15, 0.2) is 104 Å². The Morgan fingerprint density at radius 1 is 0.571 bits per heavy atom. The van der Waals surface area contributed by atoms with Crippen LogP contribution in [-0.4, -0.2) is 20.9 Å². The molecule has 0 saturated heterocycles. The fraction of sp³-hybridized carbons (Fsp3) is 0.0625. The van der Waals surface area contributed by atoms with Gasteiger partial charge in [-0.1, -0.05) is 23.8 Å². The molecule has 42 heavy (non-hydrogen) atoms. The highest BCUT2D eigenvalue weighted by atomic mass is 16.2. The van der Waals surface area contributed by atoms with Crippen molar-refractivity contribution in [3.05, 3.63) is 143 Å². The molecule has 6 aromatic rings. The van der Waals surface area contributed by atoms with Gasteiger partial charge < -0.3 is 10.6 Å². The molecule has 0 spiro atoms. The van der Waals surface area contributed by atoms with Gasteiger partial charge in [0, 0.05) is 29.5 Å². The average molecular weight is 559 g/mol. The van der Waals surface area contributed by atoms with Gasteiger partial charge in [-0.3, -0.25) is 33.3 Å². The minimum atomic E-state index is -0.620. The maximum absolute atomic E-state index is 13.1. The summed E-state index contributed by atoms with van der Waals surface area (Å²) in [6.45, 7) is 1.95. The molecule has 0 aliphatic carbocycles. The van der Waals surface area contributed by atoms with E-state index in [2.05, 4.69) is 10.6 Å². The number of fused-ring (bicyclic) bond motifs is 2. The zero-order valence-corrected chi connectivity index (χ0v) is 22.4. The van der Waals surface area contributed by atoms with Crippen molar-refractivity contribution < 1.29 is 9.59 Å². The minimum absolute atomic E-state index is 0.0406. The molecular formula is C32H22N4O6. The van der Waals surface area contributed by atoms with Gasteiger partial charge in [0.05, 0.1) is 27.2 Å². The normalized spacial score (nSPS) is 11.2. The molecule has 2 N–H and O–H groups in total. The van der Waals surface area contributed by atoms with E-state index in [-0.39, 0.29) is 38.7 Å². The predicted octanol–water partition coefficient (Wildman–Crippen LogP) is 3.25. The molecule has 6 rings (SSSR count). The molecule has 0 saturated carbocycles. The lowest BCUT2D eigenvalue weighted by molar-refractivity contribution is 0.102. The summed E-state index contributed by atoms with van der Waals surface area (Å²) < 4.78 is 1.90. The SMILES string of the molecule is Cc1ccc(NC(=O)c2cccc(C(=O)Nc3ccc(-n4c(=O)c5cc6c(=O)n(C)c(=O)c6cc5c4=O)cc3)c2)cc1. The van der Waals surface area contributed by atoms with E-state index in [1.54, 1.807) is 30.3 Å². The molecule has 2 amide bonds. The number of nitrogens with zero attached hydrogens (tertiary/aromatic N) is 2. The van der Waals surface area contributed by atoms with Crippen LogP contribution in [0, 0.1) is 6.92 Å². The summed E-state index contributed by atoms with van der Waals surface area (Å²) in [5.74, 6) is -0.813. The molecular weight excluding hydrogens is 536 g/mol. The fourth-order valence-electron chi connectivity index (χ4n) is 4.87. The maximum atomic E-state index is 13.1. The zero-order chi connectivity index (χ0) is 29.7. The first-order chi connectivity index (χ1) is 20.1. The molecule has 10 heteroatoms. The highest BCUT2D eigenvalue weighted by Gasteiger charge is 2.19. The van der Waals surface area contributed by atoms with Gasteiger partial charge in [-0.15, -0.1) is 0 Å². The number of anilines is 2. The van der Waals surface area contributed by atoms with E-state index < -0.39 is 28.1 Å². The highest BCUT2D eigenvalue weighted by molar-refractivity contribution is 6.08. The Morgan fingerprint density at radius 3 is 1.48 bits per heavy atom. The number of rotatable bonds is 5. The van der Waals surface area contributed by atoms with Gasteiger partial charge in [-0.05, 0) is 73.7 Å². The Kier molecular flexibility index (Phi) is 6.23. The molecule has 2 heterocycles. The molecule has 0 atom stereocenters. The summed E-state index contributed by atoms with van der Waals surface area (Å²) in [4.78, 5) is 76.6. The van der Waals surface area contributed by atoms with Gasteiger partial charge in [0.25, 0.3) is 34.1 Å². The molecule has 10 nitrogen and oxygen atoms in total. The van der Waals surface area contributed by atoms with Crippen molar-refractivity contribution >= 4 is 44.7 Å². The van der Waals surface area contributed by atoms with E-state index in [1.807, 2.05) is 19.1 Å². The van der Waals surface area contributed by atoms with Gasteiger partial charge in [0.1, 0.15) is 0 Å². The molecule has 0 aliphatic heterocycles. The van der Waals surface area contributed by atoms with Crippen LogP contribution in [0.5, 0.6) is 0 Å². The summed E-state index contributed by atoms with van der Waals surface area (Å²) in [5, 5.41) is 5.79. The molecule has 0 fully saturated rings. The number of carbonyl (C=O) groups is 2. The summed E-state index contributed by atoms with van der Waals surface area (Å²) in [6.07, 6.45) is 0. The van der Waals surface area contributed by atoms with Crippen molar-refractivity contribution in [2.24, 2.45) is 7.05 Å². The lowest BCUT2D eigenvalue weighted by atomic mass is 10.1. The number of aromatic nitrogens is 2. The first-order valence-electron chi connectivity index (χ1n) is 12.9. The number of carbonyl (C=O) groups excluding carboxylic acids is 2. The molecule has 0 bridgehead atoms. The summed E-state index contributed by atoms with van der Waals surface area (Å²) in [5.41, 5.74) is 0.617. The predicted molar refractivity (Wildman–Crippen MR) is 161 cm³/mol. The van der Waals surface area contributed by atoms with Gasteiger partial charge in [-0.25, -0.2) is 4.57 Å². The van der Waals surface area contributed by atoms with Crippen molar-refractivity contribution in [1.82, 2.24) is 9.13 Å². The third kappa shape index (κ3) is 4.40.